The van der Waals surface area contributed by atoms with Gasteiger partial charge in [0.2, 0.25) is 0 Å². The van der Waals surface area contributed by atoms with E-state index in [2.05, 4.69) is 52.6 Å². The van der Waals surface area contributed by atoms with Crippen molar-refractivity contribution in [3.05, 3.63) is 60.0 Å². The zero-order chi connectivity index (χ0) is 19.6. The molecule has 1 aromatic carbocycles. The standard InChI is InChI=1S/C22H30N4OS/c1-3-15-27-20-9-6-5-8-18(20)17-24-22(23-4-2)25-19-11-13-26(14-12-19)21-10-7-16-28-21/h3,5-10,16,19H,1,4,11-15,17H2,2H3,(H2,23,24,25). The van der Waals surface area contributed by atoms with Crippen LogP contribution < -0.4 is 20.3 Å². The third-order valence-corrected chi connectivity index (χ3v) is 5.66. The first-order valence-electron chi connectivity index (χ1n) is 9.95. The topological polar surface area (TPSA) is 48.9 Å². The summed E-state index contributed by atoms with van der Waals surface area (Å²) in [7, 11) is 0. The van der Waals surface area contributed by atoms with Gasteiger partial charge in [-0.3, -0.25) is 0 Å². The van der Waals surface area contributed by atoms with Crippen molar-refractivity contribution < 1.29 is 4.74 Å². The van der Waals surface area contributed by atoms with E-state index in [0.717, 1.165) is 49.7 Å². The molecule has 2 aromatic rings. The van der Waals surface area contributed by atoms with Crippen LogP contribution in [0.5, 0.6) is 5.75 Å². The van der Waals surface area contributed by atoms with E-state index in [0.29, 0.717) is 19.2 Å². The van der Waals surface area contributed by atoms with Gasteiger partial charge >= 0.3 is 0 Å². The fourth-order valence-corrected chi connectivity index (χ4v) is 4.08. The van der Waals surface area contributed by atoms with Crippen LogP contribution in [0.15, 0.2) is 59.4 Å². The molecule has 2 N–H and O–H groups in total. The summed E-state index contributed by atoms with van der Waals surface area (Å²) in [6.07, 6.45) is 3.98. The number of ether oxygens (including phenoxy) is 1. The van der Waals surface area contributed by atoms with Gasteiger partial charge < -0.3 is 20.3 Å². The molecule has 0 aliphatic carbocycles. The van der Waals surface area contributed by atoms with Gasteiger partial charge in [-0.1, -0.05) is 30.9 Å². The van der Waals surface area contributed by atoms with Crippen molar-refractivity contribution in [1.82, 2.24) is 10.6 Å². The summed E-state index contributed by atoms with van der Waals surface area (Å²) in [5.74, 6) is 1.74. The van der Waals surface area contributed by atoms with Gasteiger partial charge in [0.1, 0.15) is 12.4 Å². The summed E-state index contributed by atoms with van der Waals surface area (Å²) in [5.41, 5.74) is 1.08. The molecule has 0 spiro atoms. The Morgan fingerprint density at radius 3 is 2.82 bits per heavy atom. The van der Waals surface area contributed by atoms with Crippen molar-refractivity contribution >= 4 is 22.3 Å². The number of hydrogen-bond donors (Lipinski definition) is 2. The Hall–Kier alpha value is -2.47. The number of piperidine rings is 1. The van der Waals surface area contributed by atoms with Crippen molar-refractivity contribution in [1.29, 1.82) is 0 Å². The zero-order valence-corrected chi connectivity index (χ0v) is 17.4. The number of rotatable bonds is 8. The minimum atomic E-state index is 0.446. The maximum atomic E-state index is 5.74. The van der Waals surface area contributed by atoms with Crippen LogP contribution in [0.3, 0.4) is 0 Å². The largest absolute Gasteiger partial charge is 0.489 e. The Kier molecular flexibility index (Phi) is 7.79. The van der Waals surface area contributed by atoms with Gasteiger partial charge in [-0.2, -0.15) is 0 Å². The van der Waals surface area contributed by atoms with Crippen molar-refractivity contribution in [2.45, 2.75) is 32.4 Å². The fourth-order valence-electron chi connectivity index (χ4n) is 3.30. The Morgan fingerprint density at radius 1 is 1.29 bits per heavy atom. The Morgan fingerprint density at radius 2 is 2.11 bits per heavy atom. The Bertz CT molecular complexity index is 752. The predicted molar refractivity (Wildman–Crippen MR) is 120 cm³/mol. The van der Waals surface area contributed by atoms with Crippen LogP contribution in [0.1, 0.15) is 25.3 Å². The second-order valence-corrected chi connectivity index (χ2v) is 7.69. The molecular weight excluding hydrogens is 368 g/mol. The summed E-state index contributed by atoms with van der Waals surface area (Å²) >= 11 is 1.82. The number of hydrogen-bond acceptors (Lipinski definition) is 4. The minimum Gasteiger partial charge on any atom is -0.489 e. The lowest BCUT2D eigenvalue weighted by Crippen LogP contribution is -2.48. The monoisotopic (exact) mass is 398 g/mol. The molecule has 0 saturated carbocycles. The first-order valence-corrected chi connectivity index (χ1v) is 10.8. The summed E-state index contributed by atoms with van der Waals surface area (Å²) in [4.78, 5) is 7.26. The lowest BCUT2D eigenvalue weighted by molar-refractivity contribution is 0.359. The van der Waals surface area contributed by atoms with Gasteiger partial charge in [0.25, 0.3) is 0 Å². The molecule has 1 fully saturated rings. The molecule has 1 aliphatic heterocycles. The van der Waals surface area contributed by atoms with Crippen molar-refractivity contribution in [3.63, 3.8) is 0 Å². The lowest BCUT2D eigenvalue weighted by atomic mass is 10.1. The van der Waals surface area contributed by atoms with Gasteiger partial charge in [0.05, 0.1) is 11.5 Å². The van der Waals surface area contributed by atoms with E-state index in [1.54, 1.807) is 6.08 Å². The van der Waals surface area contributed by atoms with E-state index in [1.165, 1.54) is 5.00 Å². The second-order valence-electron chi connectivity index (χ2n) is 6.76. The molecule has 28 heavy (non-hydrogen) atoms. The number of guanidine groups is 1. The van der Waals surface area contributed by atoms with Gasteiger partial charge in [-0.25, -0.2) is 4.99 Å². The zero-order valence-electron chi connectivity index (χ0n) is 16.6. The quantitative estimate of drug-likeness (QED) is 0.400. The number of nitrogens with zero attached hydrogens (tertiary/aromatic N) is 2. The summed E-state index contributed by atoms with van der Waals surface area (Å²) in [5, 5.41) is 10.5. The molecule has 150 valence electrons. The molecule has 1 aromatic heterocycles. The van der Waals surface area contributed by atoms with Crippen LogP contribution in [-0.2, 0) is 6.54 Å². The third kappa shape index (κ3) is 5.76. The number of benzene rings is 1. The average molecular weight is 399 g/mol. The van der Waals surface area contributed by atoms with E-state index in [1.807, 2.05) is 29.5 Å². The van der Waals surface area contributed by atoms with Crippen LogP contribution in [-0.4, -0.2) is 38.2 Å². The van der Waals surface area contributed by atoms with E-state index in [4.69, 9.17) is 9.73 Å². The van der Waals surface area contributed by atoms with Crippen molar-refractivity contribution in [2.24, 2.45) is 4.99 Å². The smallest absolute Gasteiger partial charge is 0.191 e. The molecule has 0 radical (unpaired) electrons. The number of nitrogens with one attached hydrogen (secondary N) is 2. The molecule has 0 bridgehead atoms. The Balaban J connectivity index is 1.57. The molecule has 5 nitrogen and oxygen atoms in total. The molecule has 0 amide bonds. The predicted octanol–water partition coefficient (Wildman–Crippen LogP) is 4.04. The van der Waals surface area contributed by atoms with E-state index >= 15 is 0 Å². The molecular formula is C22H30N4OS. The normalized spacial score (nSPS) is 15.3. The summed E-state index contributed by atoms with van der Waals surface area (Å²) in [6, 6.07) is 12.8. The molecule has 1 aliphatic rings. The van der Waals surface area contributed by atoms with Gasteiger partial charge in [-0.05, 0) is 43.3 Å². The molecule has 3 rings (SSSR count). The van der Waals surface area contributed by atoms with Gasteiger partial charge in [0.15, 0.2) is 5.96 Å². The minimum absolute atomic E-state index is 0.446. The maximum absolute atomic E-state index is 5.74. The highest BCUT2D eigenvalue weighted by Crippen LogP contribution is 2.25. The fraction of sp³-hybridized carbons (Fsp3) is 0.409. The molecule has 6 heteroatoms. The highest BCUT2D eigenvalue weighted by molar-refractivity contribution is 7.14. The van der Waals surface area contributed by atoms with Crippen LogP contribution in [0.25, 0.3) is 0 Å². The summed E-state index contributed by atoms with van der Waals surface area (Å²) < 4.78 is 5.74. The van der Waals surface area contributed by atoms with Crippen LogP contribution in [0, 0.1) is 0 Å². The first-order chi connectivity index (χ1) is 13.8. The molecule has 1 saturated heterocycles. The van der Waals surface area contributed by atoms with Crippen LogP contribution in [0.2, 0.25) is 0 Å². The third-order valence-electron chi connectivity index (χ3n) is 4.73. The number of anilines is 1. The number of thiophene rings is 1. The van der Waals surface area contributed by atoms with Crippen molar-refractivity contribution in [3.8, 4) is 5.75 Å². The van der Waals surface area contributed by atoms with Crippen LogP contribution >= 0.6 is 11.3 Å². The average Bonchev–Trinajstić information content (AvgIpc) is 3.27. The Labute approximate surface area is 172 Å². The molecule has 0 atom stereocenters. The maximum Gasteiger partial charge on any atom is 0.191 e. The number of aliphatic imine (C=N–C) groups is 1. The van der Waals surface area contributed by atoms with E-state index in [-0.39, 0.29) is 0 Å². The van der Waals surface area contributed by atoms with Gasteiger partial charge in [-0.15, -0.1) is 11.3 Å². The highest BCUT2D eigenvalue weighted by Gasteiger charge is 2.20. The second kappa shape index (κ2) is 10.8. The van der Waals surface area contributed by atoms with E-state index < -0.39 is 0 Å². The van der Waals surface area contributed by atoms with Gasteiger partial charge in [0, 0.05) is 31.2 Å². The highest BCUT2D eigenvalue weighted by atomic mass is 32.1. The lowest BCUT2D eigenvalue weighted by Gasteiger charge is -2.33. The molecule has 0 unspecified atom stereocenters. The van der Waals surface area contributed by atoms with Crippen molar-refractivity contribution in [2.75, 3.05) is 31.1 Å². The van der Waals surface area contributed by atoms with E-state index in [9.17, 15) is 0 Å². The van der Waals surface area contributed by atoms with Crippen LogP contribution in [0.4, 0.5) is 5.00 Å². The first kappa shape index (κ1) is 20.3. The number of para-hydroxylation sites is 1. The SMILES string of the molecule is C=CCOc1ccccc1CN=C(NCC)NC1CCN(c2cccs2)CC1. The molecule has 2 heterocycles. The summed E-state index contributed by atoms with van der Waals surface area (Å²) in [6.45, 7) is 9.89.